The van der Waals surface area contributed by atoms with Gasteiger partial charge >= 0.3 is 11.7 Å². The zero-order valence-corrected chi connectivity index (χ0v) is 11.8. The van der Waals surface area contributed by atoms with Crippen LogP contribution in [0.25, 0.3) is 5.69 Å². The Morgan fingerprint density at radius 2 is 1.95 bits per heavy atom. The maximum absolute atomic E-state index is 12.2. The molecule has 5 nitrogen and oxygen atoms in total. The fourth-order valence-corrected chi connectivity index (χ4v) is 2.19. The molecule has 0 saturated heterocycles. The molecule has 0 amide bonds. The summed E-state index contributed by atoms with van der Waals surface area (Å²) in [7, 11) is 0. The summed E-state index contributed by atoms with van der Waals surface area (Å²) in [5.74, 6) is -0.489. The highest BCUT2D eigenvalue weighted by Gasteiger charge is 2.23. The number of nitrogens with zero attached hydrogens (tertiary/aromatic N) is 1. The predicted molar refractivity (Wildman–Crippen MR) is 76.4 cm³/mol. The van der Waals surface area contributed by atoms with E-state index in [0.717, 1.165) is 5.69 Å². The first-order valence-electron chi connectivity index (χ1n) is 6.63. The van der Waals surface area contributed by atoms with E-state index in [4.69, 9.17) is 4.74 Å². The van der Waals surface area contributed by atoms with Crippen LogP contribution in [0.1, 0.15) is 42.9 Å². The second-order valence-electron chi connectivity index (χ2n) is 4.74. The Labute approximate surface area is 117 Å². The number of aromatic amines is 1. The number of nitrogens with one attached hydrogen (secondary N) is 1. The number of esters is 1. The number of para-hydroxylation sites is 1. The summed E-state index contributed by atoms with van der Waals surface area (Å²) in [5.41, 5.74) is 1.27. The van der Waals surface area contributed by atoms with Gasteiger partial charge in [-0.15, -0.1) is 0 Å². The van der Waals surface area contributed by atoms with Crippen LogP contribution >= 0.6 is 0 Å². The van der Waals surface area contributed by atoms with Crippen molar-refractivity contribution in [3.63, 3.8) is 0 Å². The summed E-state index contributed by atoms with van der Waals surface area (Å²) in [6, 6.07) is 9.24. The van der Waals surface area contributed by atoms with Crippen LogP contribution in [0.3, 0.4) is 0 Å². The van der Waals surface area contributed by atoms with Crippen LogP contribution in [0.15, 0.2) is 35.1 Å². The molecule has 0 aliphatic carbocycles. The van der Waals surface area contributed by atoms with Gasteiger partial charge in [0.05, 0.1) is 18.0 Å². The molecule has 0 fully saturated rings. The van der Waals surface area contributed by atoms with Gasteiger partial charge in [-0.25, -0.2) is 9.59 Å². The maximum Gasteiger partial charge on any atom is 0.356 e. The van der Waals surface area contributed by atoms with Crippen LogP contribution in [0.2, 0.25) is 0 Å². The van der Waals surface area contributed by atoms with Crippen LogP contribution in [0.4, 0.5) is 0 Å². The van der Waals surface area contributed by atoms with E-state index in [9.17, 15) is 9.59 Å². The lowest BCUT2D eigenvalue weighted by molar-refractivity contribution is 0.0518. The first kappa shape index (κ1) is 14.1. The Morgan fingerprint density at radius 1 is 1.30 bits per heavy atom. The number of imidazole rings is 1. The molecule has 106 valence electrons. The van der Waals surface area contributed by atoms with Crippen molar-refractivity contribution in [1.82, 2.24) is 9.55 Å². The van der Waals surface area contributed by atoms with Gasteiger partial charge in [0.25, 0.3) is 0 Å². The Hall–Kier alpha value is -2.30. The number of ether oxygens (including phenoxy) is 1. The number of aromatic nitrogens is 2. The molecular weight excluding hydrogens is 256 g/mol. The lowest BCUT2D eigenvalue weighted by Crippen LogP contribution is -2.17. The number of carbonyl (C=O) groups is 1. The fourth-order valence-electron chi connectivity index (χ4n) is 2.19. The summed E-state index contributed by atoms with van der Waals surface area (Å²) in [6.07, 6.45) is 0. The number of H-pyrrole nitrogens is 1. The summed E-state index contributed by atoms with van der Waals surface area (Å²) in [6.45, 7) is 5.88. The van der Waals surface area contributed by atoms with Crippen molar-refractivity contribution >= 4 is 5.97 Å². The molecule has 20 heavy (non-hydrogen) atoms. The average molecular weight is 274 g/mol. The second-order valence-corrected chi connectivity index (χ2v) is 4.74. The largest absolute Gasteiger partial charge is 0.461 e. The van der Waals surface area contributed by atoms with Crippen molar-refractivity contribution in [2.75, 3.05) is 6.61 Å². The molecule has 2 rings (SSSR count). The molecule has 2 aromatic rings. The van der Waals surface area contributed by atoms with E-state index < -0.39 is 5.97 Å². The van der Waals surface area contributed by atoms with E-state index in [1.165, 1.54) is 4.57 Å². The molecule has 0 aliphatic heterocycles. The normalized spacial score (nSPS) is 10.8. The van der Waals surface area contributed by atoms with Gasteiger partial charge < -0.3 is 4.74 Å². The van der Waals surface area contributed by atoms with E-state index >= 15 is 0 Å². The summed E-state index contributed by atoms with van der Waals surface area (Å²) >= 11 is 0. The van der Waals surface area contributed by atoms with E-state index in [2.05, 4.69) is 4.98 Å². The Kier molecular flexibility index (Phi) is 4.08. The number of hydrogen-bond donors (Lipinski definition) is 1. The summed E-state index contributed by atoms with van der Waals surface area (Å²) < 4.78 is 6.53. The molecule has 0 atom stereocenters. The molecule has 0 spiro atoms. The summed E-state index contributed by atoms with van der Waals surface area (Å²) in [4.78, 5) is 26.7. The highest BCUT2D eigenvalue weighted by molar-refractivity contribution is 5.89. The standard InChI is InChI=1S/C15H18N2O3/c1-4-20-14(18)12-13(10(2)3)17(15(19)16-12)11-8-6-5-7-9-11/h5-10H,4H2,1-3H3,(H,16,19). The van der Waals surface area contributed by atoms with Gasteiger partial charge in [0.2, 0.25) is 0 Å². The van der Waals surface area contributed by atoms with Gasteiger partial charge in [-0.3, -0.25) is 9.55 Å². The summed E-state index contributed by atoms with van der Waals surface area (Å²) in [5, 5.41) is 0. The molecule has 1 aromatic heterocycles. The lowest BCUT2D eigenvalue weighted by Gasteiger charge is -2.12. The third-order valence-electron chi connectivity index (χ3n) is 2.97. The molecule has 0 bridgehead atoms. The van der Waals surface area contributed by atoms with Crippen LogP contribution in [0, 0.1) is 0 Å². The van der Waals surface area contributed by atoms with Gasteiger partial charge in [0, 0.05) is 0 Å². The minimum Gasteiger partial charge on any atom is -0.461 e. The fraction of sp³-hybridized carbons (Fsp3) is 0.333. The van der Waals surface area contributed by atoms with Crippen LogP contribution < -0.4 is 5.69 Å². The third-order valence-corrected chi connectivity index (χ3v) is 2.97. The molecular formula is C15H18N2O3. The first-order valence-corrected chi connectivity index (χ1v) is 6.63. The number of carbonyl (C=O) groups excluding carboxylic acids is 1. The quantitative estimate of drug-likeness (QED) is 0.871. The first-order chi connectivity index (χ1) is 9.56. The van der Waals surface area contributed by atoms with Gasteiger partial charge in [0.15, 0.2) is 0 Å². The Balaban J connectivity index is 2.64. The number of rotatable bonds is 4. The maximum atomic E-state index is 12.2. The zero-order chi connectivity index (χ0) is 14.7. The van der Waals surface area contributed by atoms with E-state index in [1.807, 2.05) is 44.2 Å². The molecule has 0 saturated carbocycles. The predicted octanol–water partition coefficient (Wildman–Crippen LogP) is 2.47. The van der Waals surface area contributed by atoms with Crippen LogP contribution in [0.5, 0.6) is 0 Å². The van der Waals surface area contributed by atoms with E-state index in [0.29, 0.717) is 5.69 Å². The van der Waals surface area contributed by atoms with Crippen molar-refractivity contribution in [3.8, 4) is 5.69 Å². The van der Waals surface area contributed by atoms with Crippen molar-refractivity contribution in [3.05, 3.63) is 52.2 Å². The molecule has 5 heteroatoms. The highest BCUT2D eigenvalue weighted by Crippen LogP contribution is 2.21. The number of hydrogen-bond acceptors (Lipinski definition) is 3. The molecule has 0 aliphatic rings. The molecule has 1 aromatic carbocycles. The van der Waals surface area contributed by atoms with Crippen LogP contribution in [-0.2, 0) is 4.74 Å². The monoisotopic (exact) mass is 274 g/mol. The Bertz CT molecular complexity index is 654. The van der Waals surface area contributed by atoms with E-state index in [-0.39, 0.29) is 23.9 Å². The lowest BCUT2D eigenvalue weighted by atomic mass is 10.1. The molecule has 0 radical (unpaired) electrons. The minimum absolute atomic E-state index is 0.00793. The van der Waals surface area contributed by atoms with Crippen molar-refractivity contribution in [2.24, 2.45) is 0 Å². The molecule has 1 heterocycles. The Morgan fingerprint density at radius 3 is 2.50 bits per heavy atom. The zero-order valence-electron chi connectivity index (χ0n) is 11.8. The third kappa shape index (κ3) is 2.52. The van der Waals surface area contributed by atoms with Crippen molar-refractivity contribution in [2.45, 2.75) is 26.7 Å². The van der Waals surface area contributed by atoms with Gasteiger partial charge in [-0.1, -0.05) is 32.0 Å². The van der Waals surface area contributed by atoms with Gasteiger partial charge in [-0.05, 0) is 25.0 Å². The smallest absolute Gasteiger partial charge is 0.356 e. The number of benzene rings is 1. The molecule has 0 unspecified atom stereocenters. The van der Waals surface area contributed by atoms with Crippen molar-refractivity contribution in [1.29, 1.82) is 0 Å². The van der Waals surface area contributed by atoms with Crippen molar-refractivity contribution < 1.29 is 9.53 Å². The van der Waals surface area contributed by atoms with Gasteiger partial charge in [0.1, 0.15) is 5.69 Å². The highest BCUT2D eigenvalue weighted by atomic mass is 16.5. The minimum atomic E-state index is -0.497. The molecule has 1 N–H and O–H groups in total. The van der Waals surface area contributed by atoms with Gasteiger partial charge in [-0.2, -0.15) is 0 Å². The van der Waals surface area contributed by atoms with E-state index in [1.54, 1.807) is 6.92 Å². The second kappa shape index (κ2) is 5.77. The SMILES string of the molecule is CCOC(=O)c1[nH]c(=O)n(-c2ccccc2)c1C(C)C. The average Bonchev–Trinajstić information content (AvgIpc) is 2.78. The van der Waals surface area contributed by atoms with Crippen LogP contribution in [-0.4, -0.2) is 22.1 Å². The topological polar surface area (TPSA) is 64.1 Å².